The zero-order valence-electron chi connectivity index (χ0n) is 13.8. The Bertz CT molecular complexity index is 840. The summed E-state index contributed by atoms with van der Waals surface area (Å²) in [6, 6.07) is 9.60. The molecule has 26 heavy (non-hydrogen) atoms. The van der Waals surface area contributed by atoms with Crippen LogP contribution in [0.5, 0.6) is 5.75 Å². The van der Waals surface area contributed by atoms with Crippen LogP contribution in [0.3, 0.4) is 0 Å². The lowest BCUT2D eigenvalue weighted by molar-refractivity contribution is -0.142. The molecule has 0 saturated carbocycles. The number of amides is 1. The van der Waals surface area contributed by atoms with Crippen LogP contribution in [0, 0.1) is 11.6 Å². The van der Waals surface area contributed by atoms with Crippen molar-refractivity contribution in [2.45, 2.75) is 18.9 Å². The van der Waals surface area contributed by atoms with Gasteiger partial charge in [-0.05, 0) is 29.7 Å². The van der Waals surface area contributed by atoms with Gasteiger partial charge in [-0.2, -0.15) is 0 Å². The second kappa shape index (κ2) is 7.51. The molecule has 0 bridgehead atoms. The van der Waals surface area contributed by atoms with Crippen LogP contribution in [0.25, 0.3) is 0 Å². The topological polar surface area (TPSA) is 66.8 Å². The van der Waals surface area contributed by atoms with Crippen LogP contribution in [-0.4, -0.2) is 35.0 Å². The molecule has 0 aliphatic carbocycles. The van der Waals surface area contributed by atoms with Crippen molar-refractivity contribution in [3.8, 4) is 5.75 Å². The van der Waals surface area contributed by atoms with Gasteiger partial charge in [0.15, 0.2) is 18.2 Å². The minimum Gasteiger partial charge on any atom is -0.481 e. The van der Waals surface area contributed by atoms with E-state index in [9.17, 15) is 23.5 Å². The number of hydrogen-bond donors (Lipinski definition) is 1. The highest BCUT2D eigenvalue weighted by Gasteiger charge is 2.32. The SMILES string of the molecule is O=C(O)CC1c2ccccc2CCN1C(=O)COc1ccc(F)cc1F. The Labute approximate surface area is 148 Å². The number of rotatable bonds is 5. The molecular weight excluding hydrogens is 344 g/mol. The number of benzene rings is 2. The number of halogens is 2. The Morgan fingerprint density at radius 1 is 1.19 bits per heavy atom. The summed E-state index contributed by atoms with van der Waals surface area (Å²) in [5.41, 5.74) is 1.80. The molecule has 0 spiro atoms. The maximum Gasteiger partial charge on any atom is 0.305 e. The molecule has 7 heteroatoms. The molecule has 0 radical (unpaired) electrons. The van der Waals surface area contributed by atoms with Gasteiger partial charge in [0, 0.05) is 12.6 Å². The first-order chi connectivity index (χ1) is 12.5. The molecule has 1 atom stereocenters. The van der Waals surface area contributed by atoms with Crippen molar-refractivity contribution in [2.75, 3.05) is 13.2 Å². The lowest BCUT2D eigenvalue weighted by atomic mass is 9.90. The van der Waals surface area contributed by atoms with Crippen molar-refractivity contribution in [2.24, 2.45) is 0 Å². The van der Waals surface area contributed by atoms with E-state index in [1.54, 1.807) is 6.07 Å². The van der Waals surface area contributed by atoms with Crippen molar-refractivity contribution in [1.82, 2.24) is 4.90 Å². The quantitative estimate of drug-likeness (QED) is 0.889. The molecule has 1 aliphatic heterocycles. The van der Waals surface area contributed by atoms with Crippen molar-refractivity contribution in [3.63, 3.8) is 0 Å². The summed E-state index contributed by atoms with van der Waals surface area (Å²) >= 11 is 0. The minimum absolute atomic E-state index is 0.229. The van der Waals surface area contributed by atoms with Crippen molar-refractivity contribution >= 4 is 11.9 Å². The van der Waals surface area contributed by atoms with Crippen LogP contribution in [0.4, 0.5) is 8.78 Å². The zero-order chi connectivity index (χ0) is 18.7. The molecule has 1 unspecified atom stereocenters. The fourth-order valence-corrected chi connectivity index (χ4v) is 3.15. The van der Waals surface area contributed by atoms with Crippen LogP contribution in [0.15, 0.2) is 42.5 Å². The molecule has 0 saturated heterocycles. The molecule has 0 fully saturated rings. The lowest BCUT2D eigenvalue weighted by Gasteiger charge is -2.36. The maximum absolute atomic E-state index is 13.6. The molecule has 1 N–H and O–H groups in total. The largest absolute Gasteiger partial charge is 0.481 e. The average molecular weight is 361 g/mol. The Morgan fingerprint density at radius 2 is 1.96 bits per heavy atom. The van der Waals surface area contributed by atoms with E-state index in [0.717, 1.165) is 23.3 Å². The molecule has 3 rings (SSSR count). The van der Waals surface area contributed by atoms with Gasteiger partial charge in [0.1, 0.15) is 5.82 Å². The van der Waals surface area contributed by atoms with Gasteiger partial charge in [-0.1, -0.05) is 24.3 Å². The summed E-state index contributed by atoms with van der Waals surface area (Å²) in [5, 5.41) is 9.21. The summed E-state index contributed by atoms with van der Waals surface area (Å²) in [6.07, 6.45) is 0.372. The first kappa shape index (κ1) is 17.8. The van der Waals surface area contributed by atoms with E-state index in [1.807, 2.05) is 18.2 Å². The summed E-state index contributed by atoms with van der Waals surface area (Å²) < 4.78 is 31.7. The van der Waals surface area contributed by atoms with Crippen molar-refractivity contribution < 1.29 is 28.2 Å². The van der Waals surface area contributed by atoms with Crippen LogP contribution in [0.1, 0.15) is 23.6 Å². The number of carboxylic acid groups (broad SMARTS) is 1. The van der Waals surface area contributed by atoms with Crippen LogP contribution < -0.4 is 4.74 Å². The molecule has 1 heterocycles. The normalized spacial score (nSPS) is 16.1. The summed E-state index contributed by atoms with van der Waals surface area (Å²) in [4.78, 5) is 25.3. The monoisotopic (exact) mass is 361 g/mol. The predicted octanol–water partition coefficient (Wildman–Crippen LogP) is 2.94. The standard InChI is InChI=1S/C19H17F2NO4/c20-13-5-6-17(15(21)9-13)26-11-18(23)22-8-7-12-3-1-2-4-14(12)16(22)10-19(24)25/h1-6,9,16H,7-8,10-11H2,(H,24,25). The Morgan fingerprint density at radius 3 is 2.69 bits per heavy atom. The molecule has 0 aromatic heterocycles. The van der Waals surface area contributed by atoms with Gasteiger partial charge in [-0.15, -0.1) is 0 Å². The Kier molecular flexibility index (Phi) is 5.16. The zero-order valence-corrected chi connectivity index (χ0v) is 13.8. The van der Waals surface area contributed by atoms with Gasteiger partial charge in [-0.3, -0.25) is 9.59 Å². The predicted molar refractivity (Wildman–Crippen MR) is 88.7 cm³/mol. The molecule has 136 valence electrons. The number of hydrogen-bond acceptors (Lipinski definition) is 3. The molecular formula is C19H17F2NO4. The van der Waals surface area contributed by atoms with Gasteiger partial charge >= 0.3 is 5.97 Å². The van der Waals surface area contributed by atoms with E-state index in [1.165, 1.54) is 4.90 Å². The number of carboxylic acids is 1. The Balaban J connectivity index is 1.76. The van der Waals surface area contributed by atoms with E-state index in [4.69, 9.17) is 4.74 Å². The average Bonchev–Trinajstić information content (AvgIpc) is 2.60. The third-order valence-electron chi connectivity index (χ3n) is 4.35. The first-order valence-corrected chi connectivity index (χ1v) is 8.12. The van der Waals surface area contributed by atoms with Crippen LogP contribution in [0.2, 0.25) is 0 Å². The summed E-state index contributed by atoms with van der Waals surface area (Å²) in [5.74, 6) is -3.34. The molecule has 1 amide bonds. The van der Waals surface area contributed by atoms with E-state index in [2.05, 4.69) is 0 Å². The van der Waals surface area contributed by atoms with E-state index in [0.29, 0.717) is 19.0 Å². The molecule has 5 nitrogen and oxygen atoms in total. The number of fused-ring (bicyclic) bond motifs is 1. The number of carbonyl (C=O) groups excluding carboxylic acids is 1. The smallest absolute Gasteiger partial charge is 0.305 e. The summed E-state index contributed by atoms with van der Waals surface area (Å²) in [6.45, 7) is -0.107. The van der Waals surface area contributed by atoms with Gasteiger partial charge < -0.3 is 14.7 Å². The van der Waals surface area contributed by atoms with Crippen molar-refractivity contribution in [1.29, 1.82) is 0 Å². The second-order valence-electron chi connectivity index (χ2n) is 6.01. The van der Waals surface area contributed by atoms with Crippen LogP contribution >= 0.6 is 0 Å². The summed E-state index contributed by atoms with van der Waals surface area (Å²) in [7, 11) is 0. The highest BCUT2D eigenvalue weighted by Crippen LogP contribution is 2.32. The minimum atomic E-state index is -1.02. The molecule has 2 aromatic rings. The van der Waals surface area contributed by atoms with E-state index >= 15 is 0 Å². The van der Waals surface area contributed by atoms with E-state index < -0.39 is 36.2 Å². The number of nitrogens with zero attached hydrogens (tertiary/aromatic N) is 1. The molecule has 1 aliphatic rings. The highest BCUT2D eigenvalue weighted by molar-refractivity contribution is 5.80. The third-order valence-corrected chi connectivity index (χ3v) is 4.35. The molecule has 2 aromatic carbocycles. The Hall–Kier alpha value is -2.96. The van der Waals surface area contributed by atoms with Gasteiger partial charge in [0.2, 0.25) is 0 Å². The third kappa shape index (κ3) is 3.82. The number of aliphatic carboxylic acids is 1. The van der Waals surface area contributed by atoms with Gasteiger partial charge in [0.05, 0.1) is 12.5 Å². The van der Waals surface area contributed by atoms with Gasteiger partial charge in [0.25, 0.3) is 5.91 Å². The number of carbonyl (C=O) groups is 2. The first-order valence-electron chi connectivity index (χ1n) is 8.12. The maximum atomic E-state index is 13.6. The van der Waals surface area contributed by atoms with Crippen molar-refractivity contribution in [3.05, 3.63) is 65.2 Å². The van der Waals surface area contributed by atoms with Crippen LogP contribution in [-0.2, 0) is 16.0 Å². The fourth-order valence-electron chi connectivity index (χ4n) is 3.15. The van der Waals surface area contributed by atoms with E-state index in [-0.39, 0.29) is 12.2 Å². The number of ether oxygens (including phenoxy) is 1. The fraction of sp³-hybridized carbons (Fsp3) is 0.263. The second-order valence-corrected chi connectivity index (χ2v) is 6.01. The van der Waals surface area contributed by atoms with Gasteiger partial charge in [-0.25, -0.2) is 8.78 Å². The highest BCUT2D eigenvalue weighted by atomic mass is 19.1. The lowest BCUT2D eigenvalue weighted by Crippen LogP contribution is -2.43.